The Morgan fingerprint density at radius 2 is 2.00 bits per heavy atom. The Bertz CT molecular complexity index is 539. The molecule has 1 fully saturated rings. The molecular weight excluding hydrogens is 288 g/mol. The van der Waals surface area contributed by atoms with Crippen molar-refractivity contribution >= 4 is 28.9 Å². The predicted molar refractivity (Wildman–Crippen MR) is 81.7 cm³/mol. The van der Waals surface area contributed by atoms with Gasteiger partial charge in [-0.3, -0.25) is 14.4 Å². The van der Waals surface area contributed by atoms with Gasteiger partial charge in [0, 0.05) is 26.1 Å². The average Bonchev–Trinajstić information content (AvgIpc) is 2.86. The Labute approximate surface area is 128 Å². The third-order valence-corrected chi connectivity index (χ3v) is 4.70. The van der Waals surface area contributed by atoms with Crippen LogP contribution in [0, 0.1) is 0 Å². The van der Waals surface area contributed by atoms with Gasteiger partial charge < -0.3 is 10.2 Å². The monoisotopic (exact) mass is 308 g/mol. The average molecular weight is 308 g/mol. The van der Waals surface area contributed by atoms with E-state index in [-0.39, 0.29) is 17.6 Å². The number of amides is 2. The summed E-state index contributed by atoms with van der Waals surface area (Å²) < 4.78 is 0. The van der Waals surface area contributed by atoms with Crippen molar-refractivity contribution < 1.29 is 14.4 Å². The van der Waals surface area contributed by atoms with E-state index in [1.54, 1.807) is 12.1 Å². The highest BCUT2D eigenvalue weighted by atomic mass is 32.1. The lowest BCUT2D eigenvalue weighted by Crippen LogP contribution is -2.38. The molecule has 1 aliphatic heterocycles. The van der Waals surface area contributed by atoms with E-state index in [4.69, 9.17) is 0 Å². The maximum absolute atomic E-state index is 12.0. The number of rotatable bonds is 5. The van der Waals surface area contributed by atoms with Crippen LogP contribution in [-0.4, -0.2) is 42.1 Å². The van der Waals surface area contributed by atoms with Crippen molar-refractivity contribution in [2.45, 2.75) is 32.6 Å². The lowest BCUT2D eigenvalue weighted by molar-refractivity contribution is -0.130. The molecular formula is C15H20N2O3S. The second-order valence-corrected chi connectivity index (χ2v) is 6.25. The van der Waals surface area contributed by atoms with Gasteiger partial charge in [-0.25, -0.2) is 0 Å². The first kappa shape index (κ1) is 15.7. The van der Waals surface area contributed by atoms with Crippen molar-refractivity contribution in [1.29, 1.82) is 0 Å². The van der Waals surface area contributed by atoms with Crippen molar-refractivity contribution in [1.82, 2.24) is 10.2 Å². The largest absolute Gasteiger partial charge is 0.350 e. The molecule has 0 atom stereocenters. The highest BCUT2D eigenvalue weighted by Crippen LogP contribution is 2.16. The minimum Gasteiger partial charge on any atom is -0.350 e. The first-order valence-corrected chi connectivity index (χ1v) is 8.06. The van der Waals surface area contributed by atoms with Gasteiger partial charge in [0.05, 0.1) is 9.75 Å². The number of Topliss-reactive ketones (excluding diaryl/α,β-unsaturated/α-hetero) is 1. The predicted octanol–water partition coefficient (Wildman–Crippen LogP) is 2.08. The van der Waals surface area contributed by atoms with Crippen molar-refractivity contribution in [3.05, 3.63) is 21.9 Å². The molecule has 0 aliphatic carbocycles. The zero-order chi connectivity index (χ0) is 15.2. The van der Waals surface area contributed by atoms with Crippen LogP contribution >= 0.6 is 11.3 Å². The van der Waals surface area contributed by atoms with Crippen LogP contribution in [0.1, 0.15) is 52.0 Å². The molecule has 0 spiro atoms. The molecule has 5 nitrogen and oxygen atoms in total. The van der Waals surface area contributed by atoms with Gasteiger partial charge in [0.25, 0.3) is 5.91 Å². The molecule has 2 amide bonds. The molecule has 0 radical (unpaired) electrons. The van der Waals surface area contributed by atoms with Crippen LogP contribution < -0.4 is 5.32 Å². The number of nitrogens with zero attached hydrogens (tertiary/aromatic N) is 1. The fraction of sp³-hybridized carbons (Fsp3) is 0.533. The molecule has 2 heterocycles. The number of ketones is 1. The summed E-state index contributed by atoms with van der Waals surface area (Å²) in [6.07, 6.45) is 3.70. The molecule has 2 rings (SSSR count). The topological polar surface area (TPSA) is 66.5 Å². The Kier molecular flexibility index (Phi) is 5.50. The number of hydrogen-bond acceptors (Lipinski definition) is 4. The van der Waals surface area contributed by atoms with Crippen LogP contribution in [-0.2, 0) is 4.79 Å². The standard InChI is InChI=1S/C15H20N2O3S/c1-11(18)12-6-7-13(21-12)15(20)16-8-10-17-9-4-2-3-5-14(17)19/h6-7H,2-5,8-10H2,1H3,(H,16,20). The van der Waals surface area contributed by atoms with E-state index in [0.717, 1.165) is 25.8 Å². The number of thiophene rings is 1. The van der Waals surface area contributed by atoms with Gasteiger partial charge in [-0.15, -0.1) is 11.3 Å². The van der Waals surface area contributed by atoms with E-state index < -0.39 is 0 Å². The fourth-order valence-corrected chi connectivity index (χ4v) is 3.13. The molecule has 0 unspecified atom stereocenters. The maximum Gasteiger partial charge on any atom is 0.261 e. The van der Waals surface area contributed by atoms with E-state index >= 15 is 0 Å². The second kappa shape index (κ2) is 7.36. The SMILES string of the molecule is CC(=O)c1ccc(C(=O)NCCN2CCCCCC2=O)s1. The molecule has 114 valence electrons. The van der Waals surface area contributed by atoms with Crippen LogP contribution in [0.3, 0.4) is 0 Å². The minimum atomic E-state index is -0.185. The molecule has 1 N–H and O–H groups in total. The van der Waals surface area contributed by atoms with Crippen molar-refractivity contribution in [2.24, 2.45) is 0 Å². The van der Waals surface area contributed by atoms with Crippen LogP contribution in [0.2, 0.25) is 0 Å². The van der Waals surface area contributed by atoms with E-state index in [0.29, 0.717) is 29.3 Å². The first-order chi connectivity index (χ1) is 10.1. The van der Waals surface area contributed by atoms with Crippen LogP contribution in [0.15, 0.2) is 12.1 Å². The van der Waals surface area contributed by atoms with E-state index in [2.05, 4.69) is 5.32 Å². The van der Waals surface area contributed by atoms with Crippen LogP contribution in [0.4, 0.5) is 0 Å². The normalized spacial score (nSPS) is 15.7. The van der Waals surface area contributed by atoms with Gasteiger partial charge in [-0.1, -0.05) is 6.42 Å². The van der Waals surface area contributed by atoms with Gasteiger partial charge >= 0.3 is 0 Å². The van der Waals surface area contributed by atoms with Crippen molar-refractivity contribution in [3.63, 3.8) is 0 Å². The Morgan fingerprint density at radius 3 is 2.71 bits per heavy atom. The zero-order valence-electron chi connectivity index (χ0n) is 12.2. The summed E-state index contributed by atoms with van der Waals surface area (Å²) in [5.41, 5.74) is 0. The quantitative estimate of drug-likeness (QED) is 0.847. The number of carbonyl (C=O) groups is 3. The van der Waals surface area contributed by atoms with Crippen LogP contribution in [0.25, 0.3) is 0 Å². The molecule has 0 aromatic carbocycles. The summed E-state index contributed by atoms with van der Waals surface area (Å²) in [5, 5.41) is 2.81. The second-order valence-electron chi connectivity index (χ2n) is 5.17. The van der Waals surface area contributed by atoms with Crippen LogP contribution in [0.5, 0.6) is 0 Å². The van der Waals surface area contributed by atoms with Gasteiger partial charge in [0.2, 0.25) is 5.91 Å². The number of likely N-dealkylation sites (tertiary alicyclic amines) is 1. The highest BCUT2D eigenvalue weighted by molar-refractivity contribution is 7.15. The molecule has 0 bridgehead atoms. The number of hydrogen-bond donors (Lipinski definition) is 1. The molecule has 21 heavy (non-hydrogen) atoms. The third-order valence-electron chi connectivity index (χ3n) is 3.52. The Hall–Kier alpha value is -1.69. The van der Waals surface area contributed by atoms with E-state index in [1.807, 2.05) is 4.90 Å². The molecule has 1 aromatic heterocycles. The summed E-state index contributed by atoms with van der Waals surface area (Å²) in [5.74, 6) is -0.0410. The Balaban J connectivity index is 1.80. The van der Waals surface area contributed by atoms with Crippen molar-refractivity contribution in [3.8, 4) is 0 Å². The van der Waals surface area contributed by atoms with E-state index in [1.165, 1.54) is 18.3 Å². The Morgan fingerprint density at radius 1 is 1.24 bits per heavy atom. The van der Waals surface area contributed by atoms with Gasteiger partial charge in [0.15, 0.2) is 5.78 Å². The summed E-state index contributed by atoms with van der Waals surface area (Å²) in [6.45, 7) is 3.26. The third kappa shape index (κ3) is 4.39. The molecule has 0 saturated carbocycles. The smallest absolute Gasteiger partial charge is 0.261 e. The summed E-state index contributed by atoms with van der Waals surface area (Å²) in [7, 11) is 0. The first-order valence-electron chi connectivity index (χ1n) is 7.24. The number of nitrogens with one attached hydrogen (secondary N) is 1. The zero-order valence-corrected chi connectivity index (χ0v) is 13.0. The lowest BCUT2D eigenvalue weighted by Gasteiger charge is -2.20. The summed E-state index contributed by atoms with van der Waals surface area (Å²) >= 11 is 1.20. The number of carbonyl (C=O) groups excluding carboxylic acids is 3. The van der Waals surface area contributed by atoms with Gasteiger partial charge in [-0.2, -0.15) is 0 Å². The summed E-state index contributed by atoms with van der Waals surface area (Å²) in [4.78, 5) is 37.9. The minimum absolute atomic E-state index is 0.0331. The maximum atomic E-state index is 12.0. The van der Waals surface area contributed by atoms with E-state index in [9.17, 15) is 14.4 Å². The molecule has 6 heteroatoms. The highest BCUT2D eigenvalue weighted by Gasteiger charge is 2.16. The molecule has 1 aliphatic rings. The lowest BCUT2D eigenvalue weighted by atomic mass is 10.2. The van der Waals surface area contributed by atoms with Gasteiger partial charge in [0.1, 0.15) is 0 Å². The van der Waals surface area contributed by atoms with Crippen molar-refractivity contribution in [2.75, 3.05) is 19.6 Å². The molecule has 1 saturated heterocycles. The summed E-state index contributed by atoms with van der Waals surface area (Å²) in [6, 6.07) is 3.33. The fourth-order valence-electron chi connectivity index (χ4n) is 2.32. The molecule has 1 aromatic rings. The van der Waals surface area contributed by atoms with Gasteiger partial charge in [-0.05, 0) is 31.9 Å².